The number of hydrogen-bond acceptors (Lipinski definition) is 6. The minimum Gasteiger partial charge on any atom is -0.497 e. The number of benzene rings is 3. The number of hydrogen-bond donors (Lipinski definition) is 1. The van der Waals surface area contributed by atoms with Crippen molar-refractivity contribution in [2.24, 2.45) is 0 Å². The Morgan fingerprint density at radius 3 is 2.59 bits per heavy atom. The fourth-order valence-corrected chi connectivity index (χ4v) is 4.17. The summed E-state index contributed by atoms with van der Waals surface area (Å²) in [5, 5.41) is 11.5. The summed E-state index contributed by atoms with van der Waals surface area (Å²) in [6.45, 7) is 0.392. The number of anilines is 1. The lowest BCUT2D eigenvalue weighted by atomic mass is 9.88. The van der Waals surface area contributed by atoms with Crippen molar-refractivity contribution in [3.8, 4) is 17.2 Å². The molecule has 3 aromatic carbocycles. The monoisotopic (exact) mass is 431 g/mol. The average molecular weight is 431 g/mol. The average Bonchev–Trinajstić information content (AvgIpc) is 3.36. The maximum atomic E-state index is 13.4. The lowest BCUT2D eigenvalue weighted by Crippen LogP contribution is -2.41. The van der Waals surface area contributed by atoms with Gasteiger partial charge in [-0.2, -0.15) is 0 Å². The fraction of sp³-hybridized carbons (Fsp3) is 0.200. The van der Waals surface area contributed by atoms with Gasteiger partial charge in [0.15, 0.2) is 22.9 Å². The molecule has 1 amide bonds. The van der Waals surface area contributed by atoms with E-state index in [2.05, 4.69) is 0 Å². The smallest absolute Gasteiger partial charge is 0.264 e. The summed E-state index contributed by atoms with van der Waals surface area (Å²) in [6, 6.07) is 19.1. The summed E-state index contributed by atoms with van der Waals surface area (Å²) in [7, 11) is 1.54. The maximum Gasteiger partial charge on any atom is 0.264 e. The van der Waals surface area contributed by atoms with Gasteiger partial charge in [0.05, 0.1) is 25.8 Å². The Morgan fingerprint density at radius 1 is 1.06 bits per heavy atom. The second kappa shape index (κ2) is 7.69. The molecular weight excluding hydrogens is 410 g/mol. The molecule has 7 nitrogen and oxygen atoms in total. The number of para-hydroxylation sites is 1. The summed E-state index contributed by atoms with van der Waals surface area (Å²) in [4.78, 5) is 27.9. The van der Waals surface area contributed by atoms with E-state index in [-0.39, 0.29) is 25.5 Å². The topological polar surface area (TPSA) is 85.3 Å². The van der Waals surface area contributed by atoms with Gasteiger partial charge in [0.2, 0.25) is 6.79 Å². The van der Waals surface area contributed by atoms with Gasteiger partial charge in [-0.15, -0.1) is 0 Å². The second-order valence-electron chi connectivity index (χ2n) is 7.78. The Balaban J connectivity index is 1.44. The molecule has 7 heteroatoms. The summed E-state index contributed by atoms with van der Waals surface area (Å²) < 4.78 is 15.9. The number of aliphatic hydroxyl groups is 1. The zero-order chi connectivity index (χ0) is 22.3. The third-order valence-electron chi connectivity index (χ3n) is 5.85. The number of nitrogens with zero attached hydrogens (tertiary/aromatic N) is 1. The molecular formula is C25H21NO6. The zero-order valence-corrected chi connectivity index (χ0v) is 17.4. The molecule has 1 unspecified atom stereocenters. The van der Waals surface area contributed by atoms with Crippen LogP contribution in [0.2, 0.25) is 0 Å². The van der Waals surface area contributed by atoms with Crippen molar-refractivity contribution in [2.75, 3.05) is 18.8 Å². The van der Waals surface area contributed by atoms with E-state index in [9.17, 15) is 14.7 Å². The van der Waals surface area contributed by atoms with Gasteiger partial charge in [0.1, 0.15) is 5.75 Å². The van der Waals surface area contributed by atoms with Crippen molar-refractivity contribution in [2.45, 2.75) is 18.6 Å². The second-order valence-corrected chi connectivity index (χ2v) is 7.78. The number of ketones is 1. The molecule has 1 N–H and O–H groups in total. The molecule has 1 atom stereocenters. The summed E-state index contributed by atoms with van der Waals surface area (Å²) in [5.41, 5.74) is 0.291. The van der Waals surface area contributed by atoms with E-state index in [0.29, 0.717) is 34.1 Å². The van der Waals surface area contributed by atoms with E-state index in [4.69, 9.17) is 14.2 Å². The maximum absolute atomic E-state index is 13.4. The van der Waals surface area contributed by atoms with Crippen LogP contribution in [0.25, 0.3) is 0 Å². The molecule has 2 aliphatic rings. The van der Waals surface area contributed by atoms with Crippen molar-refractivity contribution < 1.29 is 28.9 Å². The summed E-state index contributed by atoms with van der Waals surface area (Å²) >= 11 is 0. The molecule has 0 bridgehead atoms. The molecule has 0 saturated carbocycles. The van der Waals surface area contributed by atoms with E-state index in [1.807, 2.05) is 12.1 Å². The predicted molar refractivity (Wildman–Crippen MR) is 116 cm³/mol. The highest BCUT2D eigenvalue weighted by molar-refractivity contribution is 6.10. The van der Waals surface area contributed by atoms with Crippen LogP contribution >= 0.6 is 0 Å². The van der Waals surface area contributed by atoms with Crippen LogP contribution in [0.15, 0.2) is 66.7 Å². The Labute approximate surface area is 184 Å². The van der Waals surface area contributed by atoms with E-state index in [0.717, 1.165) is 5.56 Å². The van der Waals surface area contributed by atoms with Crippen LogP contribution in [0.5, 0.6) is 17.2 Å². The Bertz CT molecular complexity index is 1210. The largest absolute Gasteiger partial charge is 0.497 e. The molecule has 0 spiro atoms. The highest BCUT2D eigenvalue weighted by atomic mass is 16.7. The third-order valence-corrected chi connectivity index (χ3v) is 5.85. The van der Waals surface area contributed by atoms with Crippen LogP contribution in [0.4, 0.5) is 5.69 Å². The molecule has 3 aromatic rings. The molecule has 0 aliphatic carbocycles. The normalized spacial score (nSPS) is 18.6. The van der Waals surface area contributed by atoms with Gasteiger partial charge in [-0.1, -0.05) is 24.3 Å². The number of ether oxygens (including phenoxy) is 3. The van der Waals surface area contributed by atoms with Crippen LogP contribution in [0.1, 0.15) is 27.9 Å². The highest BCUT2D eigenvalue weighted by Gasteiger charge is 2.50. The minimum atomic E-state index is -1.94. The van der Waals surface area contributed by atoms with Crippen molar-refractivity contribution in [3.05, 3.63) is 83.4 Å². The summed E-state index contributed by atoms with van der Waals surface area (Å²) in [5.74, 6) is 1.04. The van der Waals surface area contributed by atoms with Crippen LogP contribution < -0.4 is 19.1 Å². The Morgan fingerprint density at radius 2 is 1.81 bits per heavy atom. The first-order valence-electron chi connectivity index (χ1n) is 10.2. The Kier molecular flexibility index (Phi) is 4.83. The first-order valence-corrected chi connectivity index (χ1v) is 10.2. The molecule has 0 radical (unpaired) electrons. The van der Waals surface area contributed by atoms with E-state index in [1.54, 1.807) is 61.7 Å². The number of amides is 1. The van der Waals surface area contributed by atoms with Crippen molar-refractivity contribution in [1.29, 1.82) is 0 Å². The molecule has 2 aliphatic heterocycles. The minimum absolute atomic E-state index is 0.164. The van der Waals surface area contributed by atoms with Gasteiger partial charge in [-0.3, -0.25) is 9.59 Å². The van der Waals surface area contributed by atoms with E-state index in [1.165, 1.54) is 4.90 Å². The number of fused-ring (bicyclic) bond motifs is 2. The molecule has 162 valence electrons. The molecule has 2 heterocycles. The SMILES string of the molecule is COc1ccc(C(=O)CC2(O)C(=O)N(Cc3ccc4c(c3)OCO4)c3ccccc32)cc1. The fourth-order valence-electron chi connectivity index (χ4n) is 4.17. The molecule has 0 aromatic heterocycles. The zero-order valence-electron chi connectivity index (χ0n) is 17.4. The molecule has 32 heavy (non-hydrogen) atoms. The van der Waals surface area contributed by atoms with Crippen LogP contribution in [0.3, 0.4) is 0 Å². The molecule has 0 fully saturated rings. The number of carbonyl (C=O) groups excluding carboxylic acids is 2. The lowest BCUT2D eigenvalue weighted by molar-refractivity contribution is -0.136. The van der Waals surface area contributed by atoms with Crippen LogP contribution in [0, 0.1) is 0 Å². The van der Waals surface area contributed by atoms with Gasteiger partial charge in [-0.25, -0.2) is 0 Å². The van der Waals surface area contributed by atoms with Crippen molar-refractivity contribution in [3.63, 3.8) is 0 Å². The van der Waals surface area contributed by atoms with Gasteiger partial charge in [-0.05, 0) is 48.0 Å². The number of methoxy groups -OCH3 is 1. The van der Waals surface area contributed by atoms with Gasteiger partial charge < -0.3 is 24.2 Å². The number of Topliss-reactive ketones (excluding diaryl/α,β-unsaturated/α-hetero) is 1. The first-order chi connectivity index (χ1) is 15.5. The van der Waals surface area contributed by atoms with Crippen LogP contribution in [-0.2, 0) is 16.9 Å². The van der Waals surface area contributed by atoms with Crippen molar-refractivity contribution >= 4 is 17.4 Å². The van der Waals surface area contributed by atoms with Crippen LogP contribution in [-0.4, -0.2) is 30.7 Å². The van der Waals surface area contributed by atoms with Gasteiger partial charge in [0, 0.05) is 11.1 Å². The van der Waals surface area contributed by atoms with E-state index >= 15 is 0 Å². The molecule has 5 rings (SSSR count). The molecule has 0 saturated heterocycles. The Hall–Kier alpha value is -3.84. The summed E-state index contributed by atoms with van der Waals surface area (Å²) in [6.07, 6.45) is -0.354. The predicted octanol–water partition coefficient (Wildman–Crippen LogP) is 3.43. The van der Waals surface area contributed by atoms with Gasteiger partial charge >= 0.3 is 0 Å². The van der Waals surface area contributed by atoms with E-state index < -0.39 is 11.5 Å². The first kappa shape index (κ1) is 20.1. The quantitative estimate of drug-likeness (QED) is 0.602. The van der Waals surface area contributed by atoms with Crippen molar-refractivity contribution in [1.82, 2.24) is 0 Å². The third kappa shape index (κ3) is 3.27. The number of rotatable bonds is 6. The highest BCUT2D eigenvalue weighted by Crippen LogP contribution is 2.44. The number of carbonyl (C=O) groups is 2. The lowest BCUT2D eigenvalue weighted by Gasteiger charge is -2.23. The standard InChI is InChI=1S/C25H21NO6/c1-30-18-9-7-17(8-10-18)21(27)13-25(29)19-4-2-3-5-20(19)26(24(25)28)14-16-6-11-22-23(12-16)32-15-31-22/h2-12,29H,13-15H2,1H3. The van der Waals surface area contributed by atoms with Gasteiger partial charge in [0.25, 0.3) is 5.91 Å².